The number of benzene rings is 1. The highest BCUT2D eigenvalue weighted by Crippen LogP contribution is 2.42. The lowest BCUT2D eigenvalue weighted by Gasteiger charge is -2.23. The van der Waals surface area contributed by atoms with Crippen molar-refractivity contribution in [1.82, 2.24) is 9.88 Å². The third-order valence-electron chi connectivity index (χ3n) is 5.35. The van der Waals surface area contributed by atoms with Gasteiger partial charge in [0, 0.05) is 25.6 Å². The summed E-state index contributed by atoms with van der Waals surface area (Å²) in [4.78, 5) is 31.8. The van der Waals surface area contributed by atoms with Gasteiger partial charge in [0.25, 0.3) is 5.91 Å². The lowest BCUT2D eigenvalue weighted by molar-refractivity contribution is -0.114. The van der Waals surface area contributed by atoms with Gasteiger partial charge in [-0.2, -0.15) is 0 Å². The van der Waals surface area contributed by atoms with Gasteiger partial charge in [-0.1, -0.05) is 11.3 Å². The van der Waals surface area contributed by atoms with Crippen LogP contribution in [0.4, 0.5) is 5.13 Å². The summed E-state index contributed by atoms with van der Waals surface area (Å²) in [5.74, 6) is 0.275. The van der Waals surface area contributed by atoms with Gasteiger partial charge in [0.15, 0.2) is 10.0 Å². The Kier molecular flexibility index (Phi) is 4.95. The second-order valence-electron chi connectivity index (χ2n) is 7.43. The van der Waals surface area contributed by atoms with E-state index in [1.54, 1.807) is 6.07 Å². The molecule has 9 heteroatoms. The first-order valence-corrected chi connectivity index (χ1v) is 11.2. The van der Waals surface area contributed by atoms with Crippen LogP contribution in [0.25, 0.3) is 10.4 Å². The van der Waals surface area contributed by atoms with E-state index in [4.69, 9.17) is 5.14 Å². The first kappa shape index (κ1) is 19.4. The summed E-state index contributed by atoms with van der Waals surface area (Å²) in [6, 6.07) is 3.84. The minimum absolute atomic E-state index is 0.0882. The molecule has 1 aliphatic carbocycles. The Morgan fingerprint density at radius 2 is 2.18 bits per heavy atom. The van der Waals surface area contributed by atoms with E-state index in [2.05, 4.69) is 17.2 Å². The number of hydrogen-bond donors (Lipinski definition) is 2. The van der Waals surface area contributed by atoms with E-state index >= 15 is 0 Å². The van der Waals surface area contributed by atoms with E-state index in [0.717, 1.165) is 34.5 Å². The lowest BCUT2D eigenvalue weighted by Crippen LogP contribution is -2.35. The molecule has 148 valence electrons. The average Bonchev–Trinajstić information content (AvgIpc) is 3.33. The average molecular weight is 419 g/mol. The van der Waals surface area contributed by atoms with Gasteiger partial charge in [-0.05, 0) is 49.8 Å². The minimum atomic E-state index is -1.78. The molecule has 2 aliphatic rings. The molecule has 0 radical (unpaired) electrons. The van der Waals surface area contributed by atoms with Crippen LogP contribution >= 0.6 is 11.3 Å². The maximum Gasteiger partial charge on any atom is 0.259 e. The molecule has 1 aromatic carbocycles. The number of nitrogens with zero attached hydrogens (tertiary/aromatic N) is 2. The number of thiazole rings is 1. The Bertz CT molecular complexity index is 968. The van der Waals surface area contributed by atoms with Crippen molar-refractivity contribution >= 4 is 39.6 Å². The Labute approximate surface area is 170 Å². The summed E-state index contributed by atoms with van der Waals surface area (Å²) < 4.78 is 12.2. The first-order valence-electron chi connectivity index (χ1n) is 9.15. The summed E-state index contributed by atoms with van der Waals surface area (Å²) >= 11 is -0.432. The molecule has 3 N–H and O–H groups in total. The minimum Gasteiger partial charge on any atom is -0.593 e. The number of anilines is 1. The van der Waals surface area contributed by atoms with Crippen LogP contribution in [0.5, 0.6) is 0 Å². The number of carbonyl (C=O) groups is 2. The number of carbonyl (C=O) groups excluding carboxylic acids is 2. The topological polar surface area (TPSA) is 111 Å². The summed E-state index contributed by atoms with van der Waals surface area (Å²) in [5, 5.41) is 8.94. The molecule has 2 unspecified atom stereocenters. The van der Waals surface area contributed by atoms with Gasteiger partial charge in [0.05, 0.1) is 21.9 Å². The second-order valence-corrected chi connectivity index (χ2v) is 9.47. The molecular formula is C19H22N4O3S2. The van der Waals surface area contributed by atoms with Crippen molar-refractivity contribution < 1.29 is 14.1 Å². The fourth-order valence-electron chi connectivity index (χ4n) is 3.76. The molecule has 1 saturated carbocycles. The third kappa shape index (κ3) is 3.43. The molecule has 7 nitrogen and oxygen atoms in total. The summed E-state index contributed by atoms with van der Waals surface area (Å²) in [6.45, 7) is 5.87. The number of nitrogens with one attached hydrogen (secondary N) is 1. The van der Waals surface area contributed by atoms with Gasteiger partial charge < -0.3 is 14.8 Å². The standard InChI is InChI=1S/C19H22N4O3S2/c1-9-17(27-19(21-9)22-11(3)24)13-6-14-8-23(10(2)12-4-5-12)18(25)16(14)15(7-13)28(20)26/h6-7,10,12H,4-5,8,20H2,1-3H3,(H,21,22,24). The Hall–Kier alpha value is -1.94. The third-order valence-corrected chi connectivity index (χ3v) is 7.23. The van der Waals surface area contributed by atoms with Gasteiger partial charge >= 0.3 is 0 Å². The molecule has 1 fully saturated rings. The molecule has 0 bridgehead atoms. The van der Waals surface area contributed by atoms with Crippen molar-refractivity contribution in [2.45, 2.75) is 51.1 Å². The number of aromatic nitrogens is 1. The zero-order valence-corrected chi connectivity index (χ0v) is 17.6. The number of hydrogen-bond acceptors (Lipinski definition) is 6. The van der Waals surface area contributed by atoms with E-state index in [-0.39, 0.29) is 17.9 Å². The summed E-state index contributed by atoms with van der Waals surface area (Å²) in [7, 11) is 0. The van der Waals surface area contributed by atoms with Gasteiger partial charge in [-0.15, -0.1) is 5.14 Å². The predicted molar refractivity (Wildman–Crippen MR) is 109 cm³/mol. The SMILES string of the molecule is CC(=O)Nc1nc(C)c(-c2cc3c(c([S+](N)[O-])c2)C(=O)N(C(C)C2CC2)C3)s1. The number of rotatable bonds is 5. The van der Waals surface area contributed by atoms with Gasteiger partial charge in [-0.3, -0.25) is 9.59 Å². The van der Waals surface area contributed by atoms with Crippen molar-refractivity contribution in [2.24, 2.45) is 11.1 Å². The molecule has 1 aliphatic heterocycles. The van der Waals surface area contributed by atoms with Crippen LogP contribution in [-0.4, -0.2) is 32.3 Å². The zero-order valence-electron chi connectivity index (χ0n) is 15.9. The second kappa shape index (κ2) is 7.14. The molecule has 0 saturated heterocycles. The predicted octanol–water partition coefficient (Wildman–Crippen LogP) is 2.81. The quantitative estimate of drug-likeness (QED) is 0.725. The highest BCUT2D eigenvalue weighted by molar-refractivity contribution is 7.89. The smallest absolute Gasteiger partial charge is 0.259 e. The number of amides is 2. The van der Waals surface area contributed by atoms with Crippen LogP contribution in [0.1, 0.15) is 48.3 Å². The highest BCUT2D eigenvalue weighted by atomic mass is 32.2. The fourth-order valence-corrected chi connectivity index (χ4v) is 5.42. The largest absolute Gasteiger partial charge is 0.593 e. The van der Waals surface area contributed by atoms with Crippen LogP contribution < -0.4 is 10.5 Å². The molecule has 2 heterocycles. The molecule has 4 rings (SSSR count). The first-order chi connectivity index (χ1) is 13.3. The Morgan fingerprint density at radius 1 is 1.46 bits per heavy atom. The van der Waals surface area contributed by atoms with Gasteiger partial charge in [-0.25, -0.2) is 4.98 Å². The van der Waals surface area contributed by atoms with E-state index in [1.807, 2.05) is 17.9 Å². The normalized spacial score (nSPS) is 18.2. The lowest BCUT2D eigenvalue weighted by atomic mass is 10.0. The van der Waals surface area contributed by atoms with Crippen molar-refractivity contribution in [1.29, 1.82) is 0 Å². The number of fused-ring (bicyclic) bond motifs is 1. The fraction of sp³-hybridized carbons (Fsp3) is 0.421. The van der Waals surface area contributed by atoms with Gasteiger partial charge in [0.1, 0.15) is 5.56 Å². The molecule has 2 atom stereocenters. The van der Waals surface area contributed by atoms with Gasteiger partial charge in [0.2, 0.25) is 5.91 Å². The van der Waals surface area contributed by atoms with Crippen molar-refractivity contribution in [2.75, 3.05) is 5.32 Å². The summed E-state index contributed by atoms with van der Waals surface area (Å²) in [6.07, 6.45) is 2.29. The van der Waals surface area contributed by atoms with E-state index in [0.29, 0.717) is 28.1 Å². The molecule has 2 aromatic rings. The van der Waals surface area contributed by atoms with Crippen LogP contribution in [0.3, 0.4) is 0 Å². The van der Waals surface area contributed by atoms with Crippen LogP contribution in [0, 0.1) is 12.8 Å². The van der Waals surface area contributed by atoms with E-state index in [9.17, 15) is 14.1 Å². The van der Waals surface area contributed by atoms with Crippen molar-refractivity contribution in [3.8, 4) is 10.4 Å². The maximum absolute atomic E-state index is 13.0. The van der Waals surface area contributed by atoms with Crippen molar-refractivity contribution in [3.63, 3.8) is 0 Å². The summed E-state index contributed by atoms with van der Waals surface area (Å²) in [5.41, 5.74) is 2.89. The number of aryl methyl sites for hydroxylation is 1. The Balaban J connectivity index is 1.76. The maximum atomic E-state index is 13.0. The zero-order chi connectivity index (χ0) is 20.2. The van der Waals surface area contributed by atoms with Crippen LogP contribution in [-0.2, 0) is 22.7 Å². The van der Waals surface area contributed by atoms with E-state index < -0.39 is 11.4 Å². The monoisotopic (exact) mass is 418 g/mol. The van der Waals surface area contributed by atoms with Crippen LogP contribution in [0.2, 0.25) is 0 Å². The van der Waals surface area contributed by atoms with E-state index in [1.165, 1.54) is 18.3 Å². The van der Waals surface area contributed by atoms with Crippen LogP contribution in [0.15, 0.2) is 17.0 Å². The molecule has 1 aromatic heterocycles. The number of nitrogens with two attached hydrogens (primary N) is 1. The molecule has 2 amide bonds. The molecule has 0 spiro atoms. The molecular weight excluding hydrogens is 396 g/mol. The molecule has 28 heavy (non-hydrogen) atoms. The Morgan fingerprint density at radius 3 is 2.79 bits per heavy atom. The van der Waals surface area contributed by atoms with Crippen molar-refractivity contribution in [3.05, 3.63) is 29.0 Å². The highest BCUT2D eigenvalue weighted by Gasteiger charge is 2.41.